The van der Waals surface area contributed by atoms with Crippen LogP contribution in [-0.2, 0) is 0 Å². The van der Waals surface area contributed by atoms with Gasteiger partial charge in [-0.15, -0.1) is 0 Å². The molecular weight excluding hydrogens is 294 g/mol. The first-order chi connectivity index (χ1) is 11.1. The van der Waals surface area contributed by atoms with Gasteiger partial charge < -0.3 is 10.2 Å². The van der Waals surface area contributed by atoms with E-state index in [1.54, 1.807) is 12.3 Å². The molecule has 0 atom stereocenters. The van der Waals surface area contributed by atoms with Gasteiger partial charge in [0.05, 0.1) is 16.9 Å². The monoisotopic (exact) mass is 311 g/mol. The minimum Gasteiger partial charge on any atom is -0.507 e. The summed E-state index contributed by atoms with van der Waals surface area (Å²) in [5, 5.41) is 32.7. The highest BCUT2D eigenvalue weighted by atomic mass is 16.4. The van der Waals surface area contributed by atoms with Crippen LogP contribution in [0, 0.1) is 11.3 Å². The van der Waals surface area contributed by atoms with E-state index in [0.717, 1.165) is 31.4 Å². The fourth-order valence-corrected chi connectivity index (χ4v) is 3.13. The van der Waals surface area contributed by atoms with Gasteiger partial charge in [0.15, 0.2) is 0 Å². The van der Waals surface area contributed by atoms with Gasteiger partial charge in [-0.05, 0) is 25.0 Å². The standard InChI is InChI=1S/C17H17N3O3/c18-9-12-10-20(19-16(12)11-4-2-1-3-5-11)13-6-7-14(17(22)23)15(21)8-13/h6-8,10-11,21H,1-5H2,(H,22,23). The number of carbonyl (C=O) groups is 1. The average molecular weight is 311 g/mol. The van der Waals surface area contributed by atoms with E-state index in [1.165, 1.54) is 23.2 Å². The molecule has 118 valence electrons. The van der Waals surface area contributed by atoms with Crippen LogP contribution in [0.2, 0.25) is 0 Å². The number of carboxylic acids is 1. The number of nitrogens with zero attached hydrogens (tertiary/aromatic N) is 3. The molecule has 0 spiro atoms. The summed E-state index contributed by atoms with van der Waals surface area (Å²) >= 11 is 0. The Bertz CT molecular complexity index is 783. The Balaban J connectivity index is 1.97. The second-order valence-corrected chi connectivity index (χ2v) is 5.83. The lowest BCUT2D eigenvalue weighted by Crippen LogP contribution is -2.07. The molecule has 3 rings (SSSR count). The maximum atomic E-state index is 11.0. The van der Waals surface area contributed by atoms with Crippen molar-refractivity contribution in [2.24, 2.45) is 0 Å². The highest BCUT2D eigenvalue weighted by molar-refractivity contribution is 5.91. The van der Waals surface area contributed by atoms with Crippen LogP contribution >= 0.6 is 0 Å². The molecule has 0 aliphatic heterocycles. The van der Waals surface area contributed by atoms with Crippen LogP contribution in [0.5, 0.6) is 5.75 Å². The van der Waals surface area contributed by atoms with E-state index >= 15 is 0 Å². The largest absolute Gasteiger partial charge is 0.507 e. The third kappa shape index (κ3) is 2.90. The van der Waals surface area contributed by atoms with E-state index < -0.39 is 5.97 Å². The minimum atomic E-state index is -1.19. The number of hydrogen-bond acceptors (Lipinski definition) is 4. The topological polar surface area (TPSA) is 99.1 Å². The molecule has 6 nitrogen and oxygen atoms in total. The summed E-state index contributed by atoms with van der Waals surface area (Å²) in [5.41, 5.74) is 1.72. The molecule has 1 aromatic carbocycles. The normalized spacial score (nSPS) is 15.3. The Morgan fingerprint density at radius 3 is 2.65 bits per heavy atom. The van der Waals surface area contributed by atoms with E-state index in [2.05, 4.69) is 11.2 Å². The zero-order valence-corrected chi connectivity index (χ0v) is 12.6. The van der Waals surface area contributed by atoms with Crippen molar-refractivity contribution in [3.63, 3.8) is 0 Å². The average Bonchev–Trinajstić information content (AvgIpc) is 2.99. The van der Waals surface area contributed by atoms with Gasteiger partial charge >= 0.3 is 5.97 Å². The molecule has 0 radical (unpaired) electrons. The molecule has 2 N–H and O–H groups in total. The summed E-state index contributed by atoms with van der Waals surface area (Å²) in [4.78, 5) is 11.0. The Hall–Kier alpha value is -2.81. The van der Waals surface area contributed by atoms with Crippen molar-refractivity contribution < 1.29 is 15.0 Å². The Kier molecular flexibility index (Phi) is 4.02. The number of nitriles is 1. The maximum Gasteiger partial charge on any atom is 0.339 e. The number of carboxylic acid groups (broad SMARTS) is 1. The number of rotatable bonds is 3. The summed E-state index contributed by atoms with van der Waals surface area (Å²) in [5.74, 6) is -1.20. The van der Waals surface area contributed by atoms with E-state index in [0.29, 0.717) is 17.2 Å². The van der Waals surface area contributed by atoms with Gasteiger partial charge in [-0.2, -0.15) is 10.4 Å². The summed E-state index contributed by atoms with van der Waals surface area (Å²) in [6.45, 7) is 0. The quantitative estimate of drug-likeness (QED) is 0.906. The SMILES string of the molecule is N#Cc1cn(-c2ccc(C(=O)O)c(O)c2)nc1C1CCCCC1. The van der Waals surface area contributed by atoms with Crippen molar-refractivity contribution in [3.05, 3.63) is 41.2 Å². The second kappa shape index (κ2) is 6.13. The van der Waals surface area contributed by atoms with Gasteiger partial charge in [0.2, 0.25) is 0 Å². The highest BCUT2D eigenvalue weighted by Crippen LogP contribution is 2.34. The van der Waals surface area contributed by atoms with Gasteiger partial charge in [0.25, 0.3) is 0 Å². The zero-order chi connectivity index (χ0) is 16.4. The zero-order valence-electron chi connectivity index (χ0n) is 12.6. The van der Waals surface area contributed by atoms with Gasteiger partial charge in [-0.25, -0.2) is 9.48 Å². The molecule has 0 saturated heterocycles. The maximum absolute atomic E-state index is 11.0. The number of aromatic hydroxyl groups is 1. The van der Waals surface area contributed by atoms with Crippen molar-refractivity contribution in [1.82, 2.24) is 9.78 Å². The summed E-state index contributed by atoms with van der Waals surface area (Å²) in [6.07, 6.45) is 7.24. The predicted octanol–water partition coefficient (Wildman–Crippen LogP) is 3.20. The van der Waals surface area contributed by atoms with Crippen LogP contribution in [0.25, 0.3) is 5.69 Å². The molecule has 1 aromatic heterocycles. The first-order valence-electron chi connectivity index (χ1n) is 7.66. The van der Waals surface area contributed by atoms with Crippen molar-refractivity contribution >= 4 is 5.97 Å². The third-order valence-electron chi connectivity index (χ3n) is 4.33. The summed E-state index contributed by atoms with van der Waals surface area (Å²) in [7, 11) is 0. The highest BCUT2D eigenvalue weighted by Gasteiger charge is 2.22. The molecule has 0 bridgehead atoms. The van der Waals surface area contributed by atoms with Crippen molar-refractivity contribution in [3.8, 4) is 17.5 Å². The van der Waals surface area contributed by atoms with Crippen molar-refractivity contribution in [2.45, 2.75) is 38.0 Å². The molecular formula is C17H17N3O3. The Morgan fingerprint density at radius 2 is 2.04 bits per heavy atom. The fourth-order valence-electron chi connectivity index (χ4n) is 3.13. The van der Waals surface area contributed by atoms with Gasteiger partial charge in [-0.1, -0.05) is 19.3 Å². The lowest BCUT2D eigenvalue weighted by Gasteiger charge is -2.19. The smallest absolute Gasteiger partial charge is 0.339 e. The predicted molar refractivity (Wildman–Crippen MR) is 82.7 cm³/mol. The summed E-state index contributed by atoms with van der Waals surface area (Å²) < 4.78 is 1.54. The molecule has 2 aromatic rings. The summed E-state index contributed by atoms with van der Waals surface area (Å²) in [6, 6.07) is 6.44. The van der Waals surface area contributed by atoms with E-state index in [-0.39, 0.29) is 11.3 Å². The number of phenols is 1. The molecule has 1 heterocycles. The number of aromatic carboxylic acids is 1. The Morgan fingerprint density at radius 1 is 1.30 bits per heavy atom. The van der Waals surface area contributed by atoms with Crippen LogP contribution in [-0.4, -0.2) is 26.0 Å². The Labute approximate surface area is 133 Å². The van der Waals surface area contributed by atoms with E-state index in [4.69, 9.17) is 5.11 Å². The molecule has 23 heavy (non-hydrogen) atoms. The van der Waals surface area contributed by atoms with Crippen molar-refractivity contribution in [1.29, 1.82) is 5.26 Å². The van der Waals surface area contributed by atoms with Crippen LogP contribution < -0.4 is 0 Å². The van der Waals surface area contributed by atoms with Crippen LogP contribution in [0.1, 0.15) is 59.6 Å². The number of aromatic nitrogens is 2. The lowest BCUT2D eigenvalue weighted by atomic mass is 9.86. The van der Waals surface area contributed by atoms with E-state index in [9.17, 15) is 15.2 Å². The van der Waals surface area contributed by atoms with Gasteiger partial charge in [0.1, 0.15) is 17.4 Å². The van der Waals surface area contributed by atoms with Crippen molar-refractivity contribution in [2.75, 3.05) is 0 Å². The van der Waals surface area contributed by atoms with Gasteiger partial charge in [0, 0.05) is 18.2 Å². The molecule has 1 fully saturated rings. The molecule has 1 saturated carbocycles. The molecule has 1 aliphatic rings. The number of benzene rings is 1. The van der Waals surface area contributed by atoms with Crippen LogP contribution in [0.15, 0.2) is 24.4 Å². The first kappa shape index (κ1) is 15.1. The second-order valence-electron chi connectivity index (χ2n) is 5.83. The molecule has 6 heteroatoms. The minimum absolute atomic E-state index is 0.158. The van der Waals surface area contributed by atoms with Crippen LogP contribution in [0.4, 0.5) is 0 Å². The fraction of sp³-hybridized carbons (Fsp3) is 0.353. The third-order valence-corrected chi connectivity index (χ3v) is 4.33. The molecule has 0 amide bonds. The van der Waals surface area contributed by atoms with E-state index in [1.807, 2.05) is 0 Å². The molecule has 1 aliphatic carbocycles. The lowest BCUT2D eigenvalue weighted by molar-refractivity contribution is 0.0693. The number of hydrogen-bond donors (Lipinski definition) is 2. The first-order valence-corrected chi connectivity index (χ1v) is 7.66. The van der Waals surface area contributed by atoms with Gasteiger partial charge in [-0.3, -0.25) is 0 Å². The molecule has 0 unspecified atom stereocenters. The van der Waals surface area contributed by atoms with Crippen LogP contribution in [0.3, 0.4) is 0 Å².